The summed E-state index contributed by atoms with van der Waals surface area (Å²) in [6.07, 6.45) is 10.3. The molecule has 1 aliphatic rings. The third-order valence-corrected chi connectivity index (χ3v) is 8.07. The molecule has 6 nitrogen and oxygen atoms in total. The standard InChI is InChI=1S/C30H43N3O3S.CH4/c1-22-10-8-9-13-25(22)27-20-24(21-33(32(2)3)18-16-23-11-6-5-7-12-23)14-15-26(27)29(34)31-28(30(35)36)17-19-37-4;/h8-10,13-15,20,23,28H,5-7,11-12,16-19,21H2,1-4H3,(H,31,34)(H,35,36);1H4/t28-;/m0./s1. The van der Waals surface area contributed by atoms with Crippen molar-refractivity contribution in [3.63, 3.8) is 0 Å². The summed E-state index contributed by atoms with van der Waals surface area (Å²) in [5.41, 5.74) is 4.54. The van der Waals surface area contributed by atoms with E-state index in [-0.39, 0.29) is 13.3 Å². The highest BCUT2D eigenvalue weighted by Gasteiger charge is 2.23. The summed E-state index contributed by atoms with van der Waals surface area (Å²) < 4.78 is 0. The molecule has 0 heterocycles. The Morgan fingerprint density at radius 2 is 1.79 bits per heavy atom. The number of hydrogen-bond acceptors (Lipinski definition) is 5. The van der Waals surface area contributed by atoms with Crippen molar-refractivity contribution in [3.8, 4) is 11.1 Å². The number of nitrogens with zero attached hydrogens (tertiary/aromatic N) is 2. The van der Waals surface area contributed by atoms with Crippen LogP contribution in [0.4, 0.5) is 0 Å². The molecule has 38 heavy (non-hydrogen) atoms. The molecule has 3 rings (SSSR count). The minimum Gasteiger partial charge on any atom is -0.480 e. The Morgan fingerprint density at radius 3 is 2.42 bits per heavy atom. The highest BCUT2D eigenvalue weighted by atomic mass is 32.2. The Morgan fingerprint density at radius 1 is 1.08 bits per heavy atom. The fraction of sp³-hybridized carbons (Fsp3) is 0.548. The molecule has 1 aliphatic carbocycles. The van der Waals surface area contributed by atoms with Crippen LogP contribution in [0.15, 0.2) is 42.5 Å². The van der Waals surface area contributed by atoms with Crippen molar-refractivity contribution in [2.24, 2.45) is 5.92 Å². The van der Waals surface area contributed by atoms with E-state index in [9.17, 15) is 14.7 Å². The number of aliphatic carboxylic acids is 1. The zero-order chi connectivity index (χ0) is 26.8. The lowest BCUT2D eigenvalue weighted by molar-refractivity contribution is -0.139. The molecule has 2 aromatic rings. The van der Waals surface area contributed by atoms with E-state index in [1.807, 2.05) is 49.6 Å². The molecule has 1 atom stereocenters. The predicted octanol–water partition coefficient (Wildman–Crippen LogP) is 6.48. The maximum absolute atomic E-state index is 13.3. The Labute approximate surface area is 234 Å². The van der Waals surface area contributed by atoms with Crippen LogP contribution in [-0.2, 0) is 11.3 Å². The lowest BCUT2D eigenvalue weighted by Crippen LogP contribution is -2.41. The van der Waals surface area contributed by atoms with Crippen LogP contribution in [0.3, 0.4) is 0 Å². The number of carboxylic acid groups (broad SMARTS) is 1. The number of benzene rings is 2. The molecule has 0 bridgehead atoms. The number of hydrazine groups is 1. The lowest BCUT2D eigenvalue weighted by atomic mass is 9.87. The van der Waals surface area contributed by atoms with Gasteiger partial charge in [0, 0.05) is 32.7 Å². The first-order valence-electron chi connectivity index (χ1n) is 13.4. The Hall–Kier alpha value is -2.35. The van der Waals surface area contributed by atoms with Gasteiger partial charge in [-0.05, 0) is 72.1 Å². The molecule has 0 radical (unpaired) electrons. The van der Waals surface area contributed by atoms with E-state index in [2.05, 4.69) is 35.5 Å². The minimum atomic E-state index is -1.00. The second-order valence-electron chi connectivity index (χ2n) is 10.4. The summed E-state index contributed by atoms with van der Waals surface area (Å²) in [6, 6.07) is 13.1. The zero-order valence-corrected chi connectivity index (χ0v) is 23.7. The number of amides is 1. The van der Waals surface area contributed by atoms with E-state index in [0.29, 0.717) is 17.7 Å². The average molecular weight is 542 g/mol. The van der Waals surface area contributed by atoms with Gasteiger partial charge < -0.3 is 10.4 Å². The monoisotopic (exact) mass is 541 g/mol. The molecular formula is C31H47N3O3S. The number of aryl methyl sites for hydroxylation is 1. The molecule has 0 spiro atoms. The van der Waals surface area contributed by atoms with Crippen molar-refractivity contribution in [2.75, 3.05) is 32.6 Å². The number of carbonyl (C=O) groups is 2. The van der Waals surface area contributed by atoms with Gasteiger partial charge in [0.1, 0.15) is 6.04 Å². The van der Waals surface area contributed by atoms with Gasteiger partial charge in [0.25, 0.3) is 5.91 Å². The first-order chi connectivity index (χ1) is 17.8. The first-order valence-corrected chi connectivity index (χ1v) is 14.8. The van der Waals surface area contributed by atoms with E-state index in [1.54, 1.807) is 11.8 Å². The topological polar surface area (TPSA) is 72.9 Å². The lowest BCUT2D eigenvalue weighted by Gasteiger charge is -2.31. The number of thioether (sulfide) groups is 1. The molecule has 7 heteroatoms. The molecule has 0 aliphatic heterocycles. The third kappa shape index (κ3) is 9.14. The largest absolute Gasteiger partial charge is 0.480 e. The number of carboxylic acids is 1. The van der Waals surface area contributed by atoms with Crippen molar-refractivity contribution in [1.29, 1.82) is 0 Å². The highest BCUT2D eigenvalue weighted by molar-refractivity contribution is 7.98. The molecule has 1 saturated carbocycles. The third-order valence-electron chi connectivity index (χ3n) is 7.43. The van der Waals surface area contributed by atoms with Gasteiger partial charge in [0.15, 0.2) is 0 Å². The summed E-state index contributed by atoms with van der Waals surface area (Å²) in [4.78, 5) is 25.1. The molecule has 1 amide bonds. The second kappa shape index (κ2) is 15.9. The molecule has 210 valence electrons. The van der Waals surface area contributed by atoms with Crippen LogP contribution >= 0.6 is 11.8 Å². The summed E-state index contributed by atoms with van der Waals surface area (Å²) in [5, 5.41) is 16.9. The van der Waals surface area contributed by atoms with Crippen molar-refractivity contribution in [3.05, 3.63) is 59.2 Å². The van der Waals surface area contributed by atoms with Gasteiger partial charge in [0.05, 0.1) is 0 Å². The van der Waals surface area contributed by atoms with Crippen molar-refractivity contribution >= 4 is 23.6 Å². The molecule has 0 aromatic heterocycles. The fourth-order valence-electron chi connectivity index (χ4n) is 5.15. The SMILES string of the molecule is C.CSCC[C@H](NC(=O)c1ccc(CN(CCC2CCCCC2)N(C)C)cc1-c1ccccc1C)C(=O)O. The van der Waals surface area contributed by atoms with Gasteiger partial charge in [-0.15, -0.1) is 0 Å². The van der Waals surface area contributed by atoms with Gasteiger partial charge in [-0.3, -0.25) is 4.79 Å². The van der Waals surface area contributed by atoms with Crippen LogP contribution in [-0.4, -0.2) is 65.7 Å². The Kier molecular flexibility index (Phi) is 13.3. The van der Waals surface area contributed by atoms with Crippen LogP contribution in [0, 0.1) is 12.8 Å². The van der Waals surface area contributed by atoms with E-state index in [4.69, 9.17) is 0 Å². The van der Waals surface area contributed by atoms with Crippen LogP contribution in [0.5, 0.6) is 0 Å². The van der Waals surface area contributed by atoms with Gasteiger partial charge >= 0.3 is 5.97 Å². The van der Waals surface area contributed by atoms with Gasteiger partial charge in [0.2, 0.25) is 0 Å². The summed E-state index contributed by atoms with van der Waals surface area (Å²) >= 11 is 1.57. The highest BCUT2D eigenvalue weighted by Crippen LogP contribution is 2.30. The molecule has 2 N–H and O–H groups in total. The molecule has 0 unspecified atom stereocenters. The summed E-state index contributed by atoms with van der Waals surface area (Å²) in [6.45, 7) is 3.81. The van der Waals surface area contributed by atoms with Crippen molar-refractivity contribution in [1.82, 2.24) is 15.3 Å². The fourth-order valence-corrected chi connectivity index (χ4v) is 5.62. The normalized spacial score (nSPS) is 14.8. The van der Waals surface area contributed by atoms with Crippen molar-refractivity contribution in [2.45, 2.75) is 71.9 Å². The molecule has 0 saturated heterocycles. The van der Waals surface area contributed by atoms with Gasteiger partial charge in [-0.2, -0.15) is 11.8 Å². The predicted molar refractivity (Wildman–Crippen MR) is 161 cm³/mol. The van der Waals surface area contributed by atoms with Crippen molar-refractivity contribution < 1.29 is 14.7 Å². The zero-order valence-electron chi connectivity index (χ0n) is 22.8. The average Bonchev–Trinajstić information content (AvgIpc) is 2.89. The van der Waals surface area contributed by atoms with E-state index in [0.717, 1.165) is 41.3 Å². The summed E-state index contributed by atoms with van der Waals surface area (Å²) in [7, 11) is 4.18. The number of rotatable bonds is 13. The molecule has 2 aromatic carbocycles. The van der Waals surface area contributed by atoms with E-state index >= 15 is 0 Å². The maximum atomic E-state index is 13.3. The van der Waals surface area contributed by atoms with E-state index in [1.165, 1.54) is 38.5 Å². The maximum Gasteiger partial charge on any atom is 0.326 e. The van der Waals surface area contributed by atoms with Crippen LogP contribution in [0.1, 0.15) is 73.9 Å². The van der Waals surface area contributed by atoms with Crippen LogP contribution in [0.2, 0.25) is 0 Å². The van der Waals surface area contributed by atoms with E-state index < -0.39 is 12.0 Å². The smallest absolute Gasteiger partial charge is 0.326 e. The Balaban J connectivity index is 0.00000507. The van der Waals surface area contributed by atoms with Crippen LogP contribution < -0.4 is 5.32 Å². The number of nitrogens with one attached hydrogen (secondary N) is 1. The Bertz CT molecular complexity index is 1040. The number of carbonyl (C=O) groups excluding carboxylic acids is 1. The second-order valence-corrected chi connectivity index (χ2v) is 11.4. The van der Waals surface area contributed by atoms with Gasteiger partial charge in [-0.1, -0.05) is 69.9 Å². The molecular weight excluding hydrogens is 494 g/mol. The molecule has 1 fully saturated rings. The van der Waals surface area contributed by atoms with Gasteiger partial charge in [-0.25, -0.2) is 14.8 Å². The first kappa shape index (κ1) is 31.9. The number of hydrogen-bond donors (Lipinski definition) is 2. The quantitative estimate of drug-likeness (QED) is 0.283. The van der Waals surface area contributed by atoms with Crippen LogP contribution in [0.25, 0.3) is 11.1 Å². The summed E-state index contributed by atoms with van der Waals surface area (Å²) in [5.74, 6) is 0.136. The minimum absolute atomic E-state index is 0.